The minimum Gasteiger partial charge on any atom is -0.478 e. The Hall–Kier alpha value is -1.81. The van der Waals surface area contributed by atoms with E-state index in [4.69, 9.17) is 14.3 Å². The fourth-order valence-corrected chi connectivity index (χ4v) is 2.13. The largest absolute Gasteiger partial charge is 0.478 e. The van der Waals surface area contributed by atoms with Crippen LogP contribution in [0.25, 0.3) is 6.08 Å². The molecule has 1 aromatic rings. The molecule has 0 saturated carbocycles. The normalized spacial score (nSPS) is 23.5. The van der Waals surface area contributed by atoms with Gasteiger partial charge in [-0.25, -0.2) is 4.79 Å². The second-order valence-corrected chi connectivity index (χ2v) is 4.01. The van der Waals surface area contributed by atoms with Gasteiger partial charge in [-0.15, -0.1) is 0 Å². The molecule has 0 fully saturated rings. The number of carboxylic acid groups (broad SMARTS) is 1. The Morgan fingerprint density at radius 2 is 2.35 bits per heavy atom. The third-order valence-corrected chi connectivity index (χ3v) is 2.94. The highest BCUT2D eigenvalue weighted by Crippen LogP contribution is 2.39. The molecule has 17 heavy (non-hydrogen) atoms. The second kappa shape index (κ2) is 4.59. The lowest BCUT2D eigenvalue weighted by molar-refractivity contribution is -0.131. The third-order valence-electron chi connectivity index (χ3n) is 2.94. The van der Waals surface area contributed by atoms with Gasteiger partial charge in [0.2, 0.25) is 0 Å². The Labute approximate surface area is 99.2 Å². The summed E-state index contributed by atoms with van der Waals surface area (Å²) >= 11 is 0. The highest BCUT2D eigenvalue weighted by molar-refractivity contribution is 5.80. The summed E-state index contributed by atoms with van der Waals surface area (Å²) in [5, 5.41) is 8.68. The molecule has 1 aromatic heterocycles. The van der Waals surface area contributed by atoms with Crippen molar-refractivity contribution < 1.29 is 19.1 Å². The zero-order valence-corrected chi connectivity index (χ0v) is 9.71. The molecule has 4 nitrogen and oxygen atoms in total. The van der Waals surface area contributed by atoms with E-state index < -0.39 is 5.97 Å². The van der Waals surface area contributed by atoms with Crippen LogP contribution in [0.5, 0.6) is 0 Å². The number of carbonyl (C=O) groups is 1. The topological polar surface area (TPSA) is 59.7 Å². The number of rotatable bonds is 3. The lowest BCUT2D eigenvalue weighted by Gasteiger charge is -2.27. The zero-order valence-electron chi connectivity index (χ0n) is 9.71. The molecule has 0 aromatic carbocycles. The standard InChI is InChI=1S/C13H14O4/c1-8-7-11-10(5-6-17-11)13(16-2)9(8)3-4-12(14)15/h3-7,9,13H,1-2H3,(H,14,15)/b4-3-. The van der Waals surface area contributed by atoms with Crippen molar-refractivity contribution in [3.63, 3.8) is 0 Å². The Balaban J connectivity index is 2.37. The fraction of sp³-hybridized carbons (Fsp3) is 0.308. The maximum absolute atomic E-state index is 10.6. The predicted molar refractivity (Wildman–Crippen MR) is 62.4 cm³/mol. The average Bonchev–Trinajstić information content (AvgIpc) is 2.72. The number of furan rings is 1. The van der Waals surface area contributed by atoms with Crippen LogP contribution in [0.1, 0.15) is 24.4 Å². The first-order valence-corrected chi connectivity index (χ1v) is 5.33. The summed E-state index contributed by atoms with van der Waals surface area (Å²) in [6.45, 7) is 1.94. The summed E-state index contributed by atoms with van der Waals surface area (Å²) in [6.07, 6.45) is 6.15. The first-order chi connectivity index (χ1) is 8.13. The van der Waals surface area contributed by atoms with E-state index in [1.54, 1.807) is 19.4 Å². The monoisotopic (exact) mass is 234 g/mol. The van der Waals surface area contributed by atoms with Crippen LogP contribution >= 0.6 is 0 Å². The van der Waals surface area contributed by atoms with Crippen LogP contribution in [-0.4, -0.2) is 18.2 Å². The first kappa shape index (κ1) is 11.7. The molecule has 2 atom stereocenters. The van der Waals surface area contributed by atoms with Crippen LogP contribution in [0.15, 0.2) is 34.5 Å². The summed E-state index contributed by atoms with van der Waals surface area (Å²) in [6, 6.07) is 1.86. The maximum Gasteiger partial charge on any atom is 0.327 e. The molecule has 1 heterocycles. The molecular formula is C13H14O4. The van der Waals surface area contributed by atoms with Crippen LogP contribution in [0.3, 0.4) is 0 Å². The van der Waals surface area contributed by atoms with Gasteiger partial charge in [-0.1, -0.05) is 11.6 Å². The van der Waals surface area contributed by atoms with Crippen LogP contribution in [0.2, 0.25) is 0 Å². The summed E-state index contributed by atoms with van der Waals surface area (Å²) in [5.74, 6) is -0.235. The molecule has 0 bridgehead atoms. The van der Waals surface area contributed by atoms with Gasteiger partial charge in [0.25, 0.3) is 0 Å². The molecule has 1 aliphatic rings. The summed E-state index contributed by atoms with van der Waals surface area (Å²) in [4.78, 5) is 10.6. The molecule has 0 aliphatic heterocycles. The van der Waals surface area contributed by atoms with E-state index in [-0.39, 0.29) is 12.0 Å². The van der Waals surface area contributed by atoms with Crippen molar-refractivity contribution >= 4 is 12.0 Å². The Bertz CT molecular complexity index is 481. The molecule has 2 rings (SSSR count). The summed E-state index contributed by atoms with van der Waals surface area (Å²) < 4.78 is 10.8. The fourth-order valence-electron chi connectivity index (χ4n) is 2.13. The Morgan fingerprint density at radius 3 is 3.00 bits per heavy atom. The number of carboxylic acids is 1. The summed E-state index contributed by atoms with van der Waals surface area (Å²) in [5.41, 5.74) is 1.98. The third kappa shape index (κ3) is 2.17. The van der Waals surface area contributed by atoms with Crippen molar-refractivity contribution in [2.24, 2.45) is 5.92 Å². The van der Waals surface area contributed by atoms with Gasteiger partial charge in [0.15, 0.2) is 0 Å². The SMILES string of the molecule is COC1c2ccoc2C=C(C)C1/C=C\C(=O)O. The van der Waals surface area contributed by atoms with Crippen LogP contribution in [0, 0.1) is 5.92 Å². The Kier molecular flexibility index (Phi) is 3.15. The highest BCUT2D eigenvalue weighted by Gasteiger charge is 2.29. The van der Waals surface area contributed by atoms with E-state index in [1.807, 2.05) is 19.1 Å². The maximum atomic E-state index is 10.6. The van der Waals surface area contributed by atoms with Crippen molar-refractivity contribution in [2.45, 2.75) is 13.0 Å². The van der Waals surface area contributed by atoms with Crippen LogP contribution < -0.4 is 0 Å². The second-order valence-electron chi connectivity index (χ2n) is 4.01. The zero-order chi connectivity index (χ0) is 12.4. The van der Waals surface area contributed by atoms with Gasteiger partial charge < -0.3 is 14.3 Å². The number of fused-ring (bicyclic) bond motifs is 1. The number of hydrogen-bond donors (Lipinski definition) is 1. The number of aliphatic carboxylic acids is 1. The van der Waals surface area contributed by atoms with Gasteiger partial charge in [-0.05, 0) is 19.1 Å². The van der Waals surface area contributed by atoms with E-state index in [0.717, 1.165) is 23.0 Å². The predicted octanol–water partition coefficient (Wildman–Crippen LogP) is 2.64. The molecule has 1 N–H and O–H groups in total. The molecule has 0 saturated heterocycles. The number of hydrogen-bond acceptors (Lipinski definition) is 3. The van der Waals surface area contributed by atoms with Crippen LogP contribution in [-0.2, 0) is 9.53 Å². The smallest absolute Gasteiger partial charge is 0.327 e. The van der Waals surface area contributed by atoms with Gasteiger partial charge in [0, 0.05) is 24.7 Å². The molecular weight excluding hydrogens is 220 g/mol. The molecule has 4 heteroatoms. The van der Waals surface area contributed by atoms with Gasteiger partial charge in [-0.3, -0.25) is 0 Å². The van der Waals surface area contributed by atoms with E-state index in [1.165, 1.54) is 0 Å². The van der Waals surface area contributed by atoms with Crippen molar-refractivity contribution in [1.82, 2.24) is 0 Å². The van der Waals surface area contributed by atoms with Crippen LogP contribution in [0.4, 0.5) is 0 Å². The highest BCUT2D eigenvalue weighted by atomic mass is 16.5. The van der Waals surface area contributed by atoms with Crippen molar-refractivity contribution in [3.05, 3.63) is 41.4 Å². The van der Waals surface area contributed by atoms with E-state index >= 15 is 0 Å². The molecule has 90 valence electrons. The lowest BCUT2D eigenvalue weighted by Crippen LogP contribution is -2.18. The lowest BCUT2D eigenvalue weighted by atomic mass is 9.84. The summed E-state index contributed by atoms with van der Waals surface area (Å²) in [7, 11) is 1.61. The van der Waals surface area contributed by atoms with Gasteiger partial charge in [0.05, 0.1) is 12.4 Å². The van der Waals surface area contributed by atoms with E-state index in [2.05, 4.69) is 0 Å². The first-order valence-electron chi connectivity index (χ1n) is 5.33. The average molecular weight is 234 g/mol. The molecule has 0 amide bonds. The number of methoxy groups -OCH3 is 1. The van der Waals surface area contributed by atoms with Gasteiger partial charge in [0.1, 0.15) is 5.76 Å². The van der Waals surface area contributed by atoms with E-state index in [0.29, 0.717) is 0 Å². The quantitative estimate of drug-likeness (QED) is 0.817. The van der Waals surface area contributed by atoms with Crippen molar-refractivity contribution in [2.75, 3.05) is 7.11 Å². The molecule has 0 radical (unpaired) electrons. The minimum absolute atomic E-state index is 0.0683. The minimum atomic E-state index is -0.953. The van der Waals surface area contributed by atoms with Crippen molar-refractivity contribution in [1.29, 1.82) is 0 Å². The molecule has 0 spiro atoms. The molecule has 2 unspecified atom stereocenters. The molecule has 1 aliphatic carbocycles. The number of ether oxygens (including phenoxy) is 1. The van der Waals surface area contributed by atoms with E-state index in [9.17, 15) is 4.79 Å². The van der Waals surface area contributed by atoms with Gasteiger partial charge in [-0.2, -0.15) is 0 Å². The Morgan fingerprint density at radius 1 is 1.59 bits per heavy atom. The van der Waals surface area contributed by atoms with Gasteiger partial charge >= 0.3 is 5.97 Å². The van der Waals surface area contributed by atoms with Crippen molar-refractivity contribution in [3.8, 4) is 0 Å².